The number of fused-ring (bicyclic) bond motifs is 1. The monoisotopic (exact) mass is 366 g/mol. The van der Waals surface area contributed by atoms with Crippen LogP contribution in [0.2, 0.25) is 0 Å². The molecule has 0 saturated carbocycles. The first-order valence-electron chi connectivity index (χ1n) is 8.06. The summed E-state index contributed by atoms with van der Waals surface area (Å²) in [4.78, 5) is 25.8. The largest absolute Gasteiger partial charge is 0.461 e. The predicted molar refractivity (Wildman–Crippen MR) is 98.8 cm³/mol. The Bertz CT molecular complexity index is 1120. The van der Waals surface area contributed by atoms with Crippen molar-refractivity contribution in [3.63, 3.8) is 0 Å². The SMILES string of the molecule is CCc1ccc2oc(-c3ccco3)c(OC(=O)c3cccs3)c(=O)c2c1. The van der Waals surface area contributed by atoms with E-state index in [0.29, 0.717) is 21.6 Å². The van der Waals surface area contributed by atoms with E-state index in [1.807, 2.05) is 13.0 Å². The van der Waals surface area contributed by atoms with E-state index in [9.17, 15) is 9.59 Å². The van der Waals surface area contributed by atoms with Crippen LogP contribution in [0.5, 0.6) is 5.75 Å². The second-order valence-corrected chi connectivity index (χ2v) is 6.57. The van der Waals surface area contributed by atoms with E-state index in [0.717, 1.165) is 12.0 Å². The molecule has 0 amide bonds. The number of esters is 1. The Kier molecular flexibility index (Phi) is 4.18. The van der Waals surface area contributed by atoms with Crippen LogP contribution in [0.15, 0.2) is 67.7 Å². The molecule has 130 valence electrons. The van der Waals surface area contributed by atoms with Crippen LogP contribution < -0.4 is 10.2 Å². The minimum absolute atomic E-state index is 0.0988. The Morgan fingerprint density at radius 1 is 1.19 bits per heavy atom. The number of aryl methyl sites for hydroxylation is 1. The molecule has 0 aliphatic rings. The van der Waals surface area contributed by atoms with Gasteiger partial charge < -0.3 is 13.6 Å². The molecule has 3 aromatic heterocycles. The molecule has 0 aliphatic carbocycles. The van der Waals surface area contributed by atoms with Crippen molar-refractivity contribution in [3.05, 3.63) is 74.8 Å². The molecule has 26 heavy (non-hydrogen) atoms. The molecular weight excluding hydrogens is 352 g/mol. The third-order valence-corrected chi connectivity index (χ3v) is 4.83. The highest BCUT2D eigenvalue weighted by atomic mass is 32.1. The molecule has 6 heteroatoms. The normalized spacial score (nSPS) is 11.0. The lowest BCUT2D eigenvalue weighted by molar-refractivity contribution is 0.0736. The van der Waals surface area contributed by atoms with Crippen LogP contribution in [0.4, 0.5) is 0 Å². The smallest absolute Gasteiger partial charge is 0.353 e. The van der Waals surface area contributed by atoms with Gasteiger partial charge >= 0.3 is 5.97 Å². The number of benzene rings is 1. The number of rotatable bonds is 4. The van der Waals surface area contributed by atoms with Gasteiger partial charge in [-0.25, -0.2) is 4.79 Å². The van der Waals surface area contributed by atoms with Gasteiger partial charge in [-0.05, 0) is 47.7 Å². The lowest BCUT2D eigenvalue weighted by Gasteiger charge is -2.09. The summed E-state index contributed by atoms with van der Waals surface area (Å²) in [5, 5.41) is 2.13. The maximum Gasteiger partial charge on any atom is 0.353 e. The van der Waals surface area contributed by atoms with Crippen LogP contribution in [-0.4, -0.2) is 5.97 Å². The molecule has 0 spiro atoms. The van der Waals surface area contributed by atoms with Gasteiger partial charge in [0.2, 0.25) is 16.9 Å². The van der Waals surface area contributed by atoms with Crippen molar-refractivity contribution in [3.8, 4) is 17.3 Å². The zero-order chi connectivity index (χ0) is 18.1. The van der Waals surface area contributed by atoms with Gasteiger partial charge in [0.15, 0.2) is 5.76 Å². The maximum absolute atomic E-state index is 13.0. The maximum atomic E-state index is 13.0. The molecule has 0 saturated heterocycles. The van der Waals surface area contributed by atoms with Crippen molar-refractivity contribution in [1.29, 1.82) is 0 Å². The number of ether oxygens (including phenoxy) is 1. The van der Waals surface area contributed by atoms with E-state index in [1.165, 1.54) is 17.6 Å². The second kappa shape index (κ2) is 6.65. The van der Waals surface area contributed by atoms with E-state index in [2.05, 4.69) is 0 Å². The summed E-state index contributed by atoms with van der Waals surface area (Å²) in [6.45, 7) is 2.00. The molecule has 0 atom stereocenters. The Hall–Kier alpha value is -3.12. The van der Waals surface area contributed by atoms with Gasteiger partial charge in [0.25, 0.3) is 0 Å². The molecular formula is C20H14O5S. The summed E-state index contributed by atoms with van der Waals surface area (Å²) in [7, 11) is 0. The lowest BCUT2D eigenvalue weighted by atomic mass is 10.1. The minimum Gasteiger partial charge on any atom is -0.461 e. The summed E-state index contributed by atoms with van der Waals surface area (Å²) in [5.74, 6) is -0.357. The molecule has 3 heterocycles. The zero-order valence-corrected chi connectivity index (χ0v) is 14.7. The summed E-state index contributed by atoms with van der Waals surface area (Å²) in [6.07, 6.45) is 2.24. The number of carbonyl (C=O) groups is 1. The van der Waals surface area contributed by atoms with Gasteiger partial charge in [0.05, 0.1) is 11.6 Å². The van der Waals surface area contributed by atoms with Crippen LogP contribution in [0.1, 0.15) is 22.2 Å². The van der Waals surface area contributed by atoms with Gasteiger partial charge in [0.1, 0.15) is 10.5 Å². The predicted octanol–water partition coefficient (Wildman–Crippen LogP) is 4.90. The Balaban J connectivity index is 1.92. The summed E-state index contributed by atoms with van der Waals surface area (Å²) in [5.41, 5.74) is 0.999. The summed E-state index contributed by atoms with van der Waals surface area (Å²) < 4.78 is 16.7. The van der Waals surface area contributed by atoms with E-state index >= 15 is 0 Å². The van der Waals surface area contributed by atoms with E-state index in [4.69, 9.17) is 13.6 Å². The highest BCUT2D eigenvalue weighted by molar-refractivity contribution is 7.12. The standard InChI is InChI=1S/C20H14O5S/c1-2-12-7-8-14-13(11-12)17(21)19(18(24-14)15-5-3-9-23-15)25-20(22)16-6-4-10-26-16/h3-11H,2H2,1H3. The first-order chi connectivity index (χ1) is 12.7. The first kappa shape index (κ1) is 16.4. The molecule has 0 N–H and O–H groups in total. The highest BCUT2D eigenvalue weighted by Gasteiger charge is 2.23. The molecule has 0 bridgehead atoms. The lowest BCUT2D eigenvalue weighted by Crippen LogP contribution is -2.15. The fraction of sp³-hybridized carbons (Fsp3) is 0.100. The molecule has 0 aliphatic heterocycles. The Morgan fingerprint density at radius 2 is 2.08 bits per heavy atom. The molecule has 4 aromatic rings. The van der Waals surface area contributed by atoms with E-state index in [1.54, 1.807) is 41.8 Å². The highest BCUT2D eigenvalue weighted by Crippen LogP contribution is 2.32. The van der Waals surface area contributed by atoms with E-state index in [-0.39, 0.29) is 11.5 Å². The van der Waals surface area contributed by atoms with Crippen LogP contribution >= 0.6 is 11.3 Å². The number of hydrogen-bond acceptors (Lipinski definition) is 6. The Morgan fingerprint density at radius 3 is 2.77 bits per heavy atom. The Labute approximate surface area is 152 Å². The fourth-order valence-electron chi connectivity index (χ4n) is 2.65. The molecule has 4 rings (SSSR count). The molecule has 0 fully saturated rings. The topological polar surface area (TPSA) is 69.7 Å². The third-order valence-electron chi connectivity index (χ3n) is 3.98. The van der Waals surface area contributed by atoms with Gasteiger partial charge in [0, 0.05) is 0 Å². The van der Waals surface area contributed by atoms with Crippen LogP contribution in [0.3, 0.4) is 0 Å². The third kappa shape index (κ3) is 2.84. The van der Waals surface area contributed by atoms with Crippen LogP contribution in [-0.2, 0) is 6.42 Å². The van der Waals surface area contributed by atoms with Crippen molar-refractivity contribution >= 4 is 28.3 Å². The van der Waals surface area contributed by atoms with Crippen LogP contribution in [0, 0.1) is 0 Å². The van der Waals surface area contributed by atoms with Gasteiger partial charge in [-0.15, -0.1) is 11.3 Å². The quantitative estimate of drug-likeness (QED) is 0.481. The average molecular weight is 366 g/mol. The minimum atomic E-state index is -0.605. The van der Waals surface area contributed by atoms with Crippen molar-refractivity contribution in [2.45, 2.75) is 13.3 Å². The fourth-order valence-corrected chi connectivity index (χ4v) is 3.24. The molecule has 5 nitrogen and oxygen atoms in total. The summed E-state index contributed by atoms with van der Waals surface area (Å²) >= 11 is 1.24. The van der Waals surface area contributed by atoms with Crippen LogP contribution in [0.25, 0.3) is 22.5 Å². The molecule has 0 unspecified atom stereocenters. The summed E-state index contributed by atoms with van der Waals surface area (Å²) in [6, 6.07) is 12.1. The number of furan rings is 1. The average Bonchev–Trinajstić information content (AvgIpc) is 3.37. The van der Waals surface area contributed by atoms with Gasteiger partial charge in [-0.3, -0.25) is 4.79 Å². The second-order valence-electron chi connectivity index (χ2n) is 5.62. The van der Waals surface area contributed by atoms with Crippen molar-refractivity contribution in [2.24, 2.45) is 0 Å². The zero-order valence-electron chi connectivity index (χ0n) is 13.9. The number of hydrogen-bond donors (Lipinski definition) is 0. The first-order valence-corrected chi connectivity index (χ1v) is 8.94. The van der Waals surface area contributed by atoms with Crippen molar-refractivity contribution in [1.82, 2.24) is 0 Å². The van der Waals surface area contributed by atoms with Crippen molar-refractivity contribution < 1.29 is 18.4 Å². The number of carbonyl (C=O) groups excluding carboxylic acids is 1. The molecule has 0 radical (unpaired) electrons. The van der Waals surface area contributed by atoms with Crippen molar-refractivity contribution in [2.75, 3.05) is 0 Å². The number of thiophene rings is 1. The van der Waals surface area contributed by atoms with E-state index < -0.39 is 11.4 Å². The van der Waals surface area contributed by atoms with Gasteiger partial charge in [-0.2, -0.15) is 0 Å². The molecule has 1 aromatic carbocycles. The van der Waals surface area contributed by atoms with Gasteiger partial charge in [-0.1, -0.05) is 19.1 Å².